The molecule has 142 valence electrons. The summed E-state index contributed by atoms with van der Waals surface area (Å²) in [6, 6.07) is 15.0. The smallest absolute Gasteiger partial charge is 0.289 e. The van der Waals surface area contributed by atoms with Gasteiger partial charge < -0.3 is 4.74 Å². The average molecular weight is 379 g/mol. The van der Waals surface area contributed by atoms with Crippen LogP contribution < -0.4 is 10.2 Å². The van der Waals surface area contributed by atoms with Crippen LogP contribution in [0.4, 0.5) is 5.69 Å². The topological polar surface area (TPSA) is 123 Å². The van der Waals surface area contributed by atoms with Gasteiger partial charge in [-0.05, 0) is 43.3 Å². The molecular weight excluding hydrogens is 362 g/mol. The third-order valence-corrected chi connectivity index (χ3v) is 3.79. The molecule has 0 spiro atoms. The van der Waals surface area contributed by atoms with Crippen LogP contribution in [0.15, 0.2) is 59.7 Å². The minimum Gasteiger partial charge on any atom is -0.494 e. The maximum absolute atomic E-state index is 12.2. The Morgan fingerprint density at radius 2 is 2.04 bits per heavy atom. The Morgan fingerprint density at radius 1 is 1.29 bits per heavy atom. The fraction of sp³-hybridized carbons (Fsp3) is 0.105. The van der Waals surface area contributed by atoms with E-state index in [9.17, 15) is 14.9 Å². The summed E-state index contributed by atoms with van der Waals surface area (Å²) in [5, 5.41) is 21.5. The molecule has 0 fully saturated rings. The summed E-state index contributed by atoms with van der Waals surface area (Å²) in [6.45, 7) is 2.49. The van der Waals surface area contributed by atoms with Crippen molar-refractivity contribution in [1.29, 1.82) is 0 Å². The molecule has 0 aliphatic carbocycles. The van der Waals surface area contributed by atoms with Crippen molar-refractivity contribution in [3.8, 4) is 17.0 Å². The van der Waals surface area contributed by atoms with Gasteiger partial charge in [0.2, 0.25) is 0 Å². The van der Waals surface area contributed by atoms with Gasteiger partial charge in [0.1, 0.15) is 11.4 Å². The molecule has 1 heterocycles. The Bertz CT molecular complexity index is 1010. The standard InChI is InChI=1S/C19H17N5O4/c1-2-28-15-9-7-13(8-10-15)16-11-17(22-21-16)19(25)23-20-12-14-5-3-4-6-18(14)24(26)27/h3-12H,2H2,1H3,(H,21,22)(H,23,25)/b20-12-. The molecule has 3 rings (SSSR count). The van der Waals surface area contributed by atoms with Gasteiger partial charge in [-0.1, -0.05) is 12.1 Å². The third kappa shape index (κ3) is 4.39. The summed E-state index contributed by atoms with van der Waals surface area (Å²) in [4.78, 5) is 22.6. The molecule has 0 radical (unpaired) electrons. The minimum atomic E-state index is -0.514. The van der Waals surface area contributed by atoms with Crippen LogP contribution in [0.2, 0.25) is 0 Å². The lowest BCUT2D eigenvalue weighted by atomic mass is 10.1. The number of aromatic amines is 1. The molecule has 1 amide bonds. The number of para-hydroxylation sites is 1. The van der Waals surface area contributed by atoms with Crippen molar-refractivity contribution in [2.24, 2.45) is 5.10 Å². The van der Waals surface area contributed by atoms with E-state index in [1.807, 2.05) is 31.2 Å². The maximum Gasteiger partial charge on any atom is 0.289 e. The molecule has 0 aliphatic heterocycles. The second kappa shape index (κ2) is 8.58. The first kappa shape index (κ1) is 18.8. The van der Waals surface area contributed by atoms with Crippen molar-refractivity contribution < 1.29 is 14.5 Å². The van der Waals surface area contributed by atoms with Crippen LogP contribution in [0, 0.1) is 10.1 Å². The van der Waals surface area contributed by atoms with Crippen LogP contribution in [0.1, 0.15) is 23.0 Å². The maximum atomic E-state index is 12.2. The normalized spacial score (nSPS) is 10.8. The van der Waals surface area contributed by atoms with Crippen molar-refractivity contribution >= 4 is 17.8 Å². The van der Waals surface area contributed by atoms with Crippen LogP contribution in [0.3, 0.4) is 0 Å². The molecule has 0 saturated heterocycles. The summed E-state index contributed by atoms with van der Waals surface area (Å²) in [7, 11) is 0. The molecule has 0 saturated carbocycles. The van der Waals surface area contributed by atoms with Crippen LogP contribution in [-0.4, -0.2) is 33.8 Å². The third-order valence-electron chi connectivity index (χ3n) is 3.79. The van der Waals surface area contributed by atoms with E-state index in [-0.39, 0.29) is 16.9 Å². The molecule has 9 heteroatoms. The van der Waals surface area contributed by atoms with Gasteiger partial charge in [-0.3, -0.25) is 20.0 Å². The molecule has 28 heavy (non-hydrogen) atoms. The molecule has 2 N–H and O–H groups in total. The number of rotatable bonds is 7. The molecule has 2 aromatic carbocycles. The van der Waals surface area contributed by atoms with Gasteiger partial charge in [-0.15, -0.1) is 0 Å². The number of nitrogens with one attached hydrogen (secondary N) is 2. The number of hydrazone groups is 1. The highest BCUT2D eigenvalue weighted by Gasteiger charge is 2.12. The van der Waals surface area contributed by atoms with E-state index in [0.29, 0.717) is 12.3 Å². The summed E-state index contributed by atoms with van der Waals surface area (Å²) < 4.78 is 5.39. The van der Waals surface area contributed by atoms with E-state index >= 15 is 0 Å². The van der Waals surface area contributed by atoms with E-state index in [1.54, 1.807) is 18.2 Å². The number of nitrogens with zero attached hydrogens (tertiary/aromatic N) is 3. The minimum absolute atomic E-state index is 0.0974. The van der Waals surface area contributed by atoms with Crippen molar-refractivity contribution in [2.45, 2.75) is 6.92 Å². The van der Waals surface area contributed by atoms with Crippen molar-refractivity contribution in [2.75, 3.05) is 6.61 Å². The SMILES string of the molecule is CCOc1ccc(-c2cc(C(=O)N/N=C\c3ccccc3[N+](=O)[O-])[nH]n2)cc1. The fourth-order valence-electron chi connectivity index (χ4n) is 2.46. The second-order valence-electron chi connectivity index (χ2n) is 5.64. The van der Waals surface area contributed by atoms with Gasteiger partial charge in [0, 0.05) is 11.6 Å². The number of amides is 1. The highest BCUT2D eigenvalue weighted by atomic mass is 16.6. The number of hydrogen-bond donors (Lipinski definition) is 2. The van der Waals surface area contributed by atoms with Crippen LogP contribution in [-0.2, 0) is 0 Å². The fourth-order valence-corrected chi connectivity index (χ4v) is 2.46. The number of carbonyl (C=O) groups is 1. The molecule has 0 atom stereocenters. The van der Waals surface area contributed by atoms with Crippen LogP contribution in [0.25, 0.3) is 11.3 Å². The summed E-state index contributed by atoms with van der Waals surface area (Å²) >= 11 is 0. The van der Waals surface area contributed by atoms with E-state index in [0.717, 1.165) is 11.3 Å². The predicted octanol–water partition coefficient (Wildman–Crippen LogP) is 3.15. The lowest BCUT2D eigenvalue weighted by molar-refractivity contribution is -0.385. The van der Waals surface area contributed by atoms with Crippen molar-refractivity contribution in [3.05, 3.63) is 76.0 Å². The van der Waals surface area contributed by atoms with Gasteiger partial charge in [0.05, 0.1) is 29.0 Å². The van der Waals surface area contributed by atoms with E-state index < -0.39 is 10.8 Å². The summed E-state index contributed by atoms with van der Waals surface area (Å²) in [6.07, 6.45) is 1.22. The van der Waals surface area contributed by atoms with Crippen LogP contribution >= 0.6 is 0 Å². The van der Waals surface area contributed by atoms with Crippen LogP contribution in [0.5, 0.6) is 5.75 Å². The van der Waals surface area contributed by atoms with Crippen molar-refractivity contribution in [3.63, 3.8) is 0 Å². The predicted molar refractivity (Wildman–Crippen MR) is 103 cm³/mol. The summed E-state index contributed by atoms with van der Waals surface area (Å²) in [5.74, 6) is 0.239. The highest BCUT2D eigenvalue weighted by Crippen LogP contribution is 2.21. The number of ether oxygens (including phenoxy) is 1. The highest BCUT2D eigenvalue weighted by molar-refractivity contribution is 5.94. The van der Waals surface area contributed by atoms with Gasteiger partial charge >= 0.3 is 0 Å². The number of carbonyl (C=O) groups excluding carboxylic acids is 1. The lowest BCUT2D eigenvalue weighted by Crippen LogP contribution is -2.18. The first-order chi connectivity index (χ1) is 13.6. The monoisotopic (exact) mass is 379 g/mol. The number of H-pyrrole nitrogens is 1. The van der Waals surface area contributed by atoms with E-state index in [2.05, 4.69) is 20.7 Å². The molecule has 3 aromatic rings. The average Bonchev–Trinajstić information content (AvgIpc) is 3.19. The Kier molecular flexibility index (Phi) is 5.75. The van der Waals surface area contributed by atoms with Gasteiger partial charge in [0.25, 0.3) is 11.6 Å². The van der Waals surface area contributed by atoms with Gasteiger partial charge in [0.15, 0.2) is 0 Å². The molecule has 1 aromatic heterocycles. The molecule has 9 nitrogen and oxygen atoms in total. The Labute approximate surface area is 160 Å². The second-order valence-corrected chi connectivity index (χ2v) is 5.64. The molecular formula is C19H17N5O4. The Morgan fingerprint density at radius 3 is 2.75 bits per heavy atom. The number of nitro benzene ring substituents is 1. The van der Waals surface area contributed by atoms with Gasteiger partial charge in [-0.2, -0.15) is 10.2 Å². The number of aromatic nitrogens is 2. The number of benzene rings is 2. The number of nitro groups is 1. The number of hydrogen-bond acceptors (Lipinski definition) is 6. The lowest BCUT2D eigenvalue weighted by Gasteiger charge is -2.02. The first-order valence-corrected chi connectivity index (χ1v) is 8.44. The van der Waals surface area contributed by atoms with Crippen molar-refractivity contribution in [1.82, 2.24) is 15.6 Å². The van der Waals surface area contributed by atoms with Gasteiger partial charge in [-0.25, -0.2) is 5.43 Å². The first-order valence-electron chi connectivity index (χ1n) is 8.44. The molecule has 0 bridgehead atoms. The zero-order chi connectivity index (χ0) is 19.9. The van der Waals surface area contributed by atoms with E-state index in [1.165, 1.54) is 18.3 Å². The Hall–Kier alpha value is -4.01. The Balaban J connectivity index is 1.67. The largest absolute Gasteiger partial charge is 0.494 e. The summed E-state index contributed by atoms with van der Waals surface area (Å²) in [5.41, 5.74) is 4.13. The quantitative estimate of drug-likeness (QED) is 0.371. The zero-order valence-corrected chi connectivity index (χ0v) is 15.0. The molecule has 0 aliphatic rings. The molecule has 0 unspecified atom stereocenters. The zero-order valence-electron chi connectivity index (χ0n) is 15.0. The van der Waals surface area contributed by atoms with E-state index in [4.69, 9.17) is 4.74 Å².